The van der Waals surface area contributed by atoms with Crippen LogP contribution in [-0.2, 0) is 20.2 Å². The maximum Gasteiger partial charge on any atom is 1.00 e. The molecule has 7 aromatic rings. The van der Waals surface area contributed by atoms with Gasteiger partial charge in [-0.2, -0.15) is 19.9 Å². The predicted octanol–water partition coefficient (Wildman–Crippen LogP) is 3.12. The van der Waals surface area contributed by atoms with Crippen molar-refractivity contribution in [1.29, 1.82) is 0 Å². The summed E-state index contributed by atoms with van der Waals surface area (Å²) in [4.78, 5) is 18.3. The summed E-state index contributed by atoms with van der Waals surface area (Å²) in [6, 6.07) is 47.3. The van der Waals surface area contributed by atoms with Crippen molar-refractivity contribution in [3.05, 3.63) is 193 Å². The third kappa shape index (κ3) is 12.5. The van der Waals surface area contributed by atoms with Crippen molar-refractivity contribution >= 4 is 89.9 Å². The normalized spacial score (nSPS) is 13.2. The summed E-state index contributed by atoms with van der Waals surface area (Å²) < 4.78 is 74.7. The number of benzene rings is 5. The van der Waals surface area contributed by atoms with Gasteiger partial charge in [-0.15, -0.1) is 0 Å². The van der Waals surface area contributed by atoms with E-state index in [0.29, 0.717) is 46.0 Å². The number of para-hydroxylation sites is 4. The first-order chi connectivity index (χ1) is 30.9. The molecule has 0 amide bonds. The molecule has 0 saturated carbocycles. The van der Waals surface area contributed by atoms with E-state index in [1.165, 1.54) is 18.2 Å². The van der Waals surface area contributed by atoms with Crippen LogP contribution in [0.1, 0.15) is 12.0 Å². The molecule has 0 fully saturated rings. The van der Waals surface area contributed by atoms with Gasteiger partial charge in [0.2, 0.25) is 11.9 Å². The Morgan fingerprint density at radius 2 is 0.788 bits per heavy atom. The van der Waals surface area contributed by atoms with Crippen molar-refractivity contribution in [2.75, 3.05) is 31.9 Å². The molecule has 0 atom stereocenters. The van der Waals surface area contributed by atoms with Crippen LogP contribution in [0.2, 0.25) is 0 Å². The summed E-state index contributed by atoms with van der Waals surface area (Å²) in [5, 5.41) is 18.9. The van der Waals surface area contributed by atoms with Crippen molar-refractivity contribution in [2.24, 2.45) is 0 Å². The van der Waals surface area contributed by atoms with Gasteiger partial charge in [0.05, 0.1) is 0 Å². The van der Waals surface area contributed by atoms with E-state index in [9.17, 15) is 25.9 Å². The van der Waals surface area contributed by atoms with Crippen LogP contribution in [0, 0.1) is 0 Å². The molecular formula is C46H38N10Na2O6S2. The molecule has 5 aromatic carbocycles. The van der Waals surface area contributed by atoms with Gasteiger partial charge < -0.3 is 41.0 Å². The van der Waals surface area contributed by atoms with Crippen LogP contribution in [0.3, 0.4) is 0 Å². The van der Waals surface area contributed by atoms with Gasteiger partial charge in [0.15, 0.2) is 4.08 Å². The molecule has 0 saturated heterocycles. The van der Waals surface area contributed by atoms with Crippen molar-refractivity contribution < 1.29 is 85.1 Å². The van der Waals surface area contributed by atoms with Gasteiger partial charge in [-0.05, 0) is 77.9 Å². The molecule has 1 aliphatic rings. The number of hydrogen-bond acceptors (Lipinski definition) is 16. The number of hydrogen-bond donors (Lipinski definition) is 6. The van der Waals surface area contributed by atoms with Crippen LogP contribution in [0.5, 0.6) is 0 Å². The minimum absolute atomic E-state index is 0. The molecule has 6 N–H and O–H groups in total. The van der Waals surface area contributed by atoms with E-state index in [1.807, 2.05) is 109 Å². The molecule has 66 heavy (non-hydrogen) atoms. The second-order valence-corrected chi connectivity index (χ2v) is 17.7. The van der Waals surface area contributed by atoms with E-state index in [-0.39, 0.29) is 76.6 Å². The summed E-state index contributed by atoms with van der Waals surface area (Å²) in [6.07, 6.45) is 4.05. The topological polar surface area (TPSA) is 238 Å². The number of allylic oxidation sites excluding steroid dienone is 4. The molecular weight excluding hydrogens is 899 g/mol. The zero-order chi connectivity index (χ0) is 44.6. The summed E-state index contributed by atoms with van der Waals surface area (Å²) in [5.41, 5.74) is 3.51. The van der Waals surface area contributed by atoms with Gasteiger partial charge in [-0.25, -0.2) is 16.8 Å². The Hall–Kier alpha value is -5.90. The Morgan fingerprint density at radius 1 is 0.439 bits per heavy atom. The first-order valence-corrected chi connectivity index (χ1v) is 22.4. The van der Waals surface area contributed by atoms with Crippen molar-refractivity contribution in [1.82, 2.24) is 19.9 Å². The van der Waals surface area contributed by atoms with E-state index in [4.69, 9.17) is 0 Å². The largest absolute Gasteiger partial charge is 1.00 e. The number of anilines is 11. The third-order valence-electron chi connectivity index (χ3n) is 9.67. The van der Waals surface area contributed by atoms with Gasteiger partial charge in [0, 0.05) is 52.7 Å². The van der Waals surface area contributed by atoms with Gasteiger partial charge in [-0.3, -0.25) is 0 Å². The molecule has 0 unspecified atom stereocenters. The average molecular weight is 937 g/mol. The molecule has 0 spiro atoms. The molecule has 322 valence electrons. The first kappa shape index (κ1) is 49.5. The zero-order valence-electron chi connectivity index (χ0n) is 35.6. The van der Waals surface area contributed by atoms with E-state index in [2.05, 4.69) is 51.8 Å². The number of nitrogens with one attached hydrogen (secondary N) is 6. The summed E-state index contributed by atoms with van der Waals surface area (Å²) >= 11 is 0. The zero-order valence-corrected chi connectivity index (χ0v) is 41.2. The fourth-order valence-electron chi connectivity index (χ4n) is 6.67. The van der Waals surface area contributed by atoms with Gasteiger partial charge in [0.1, 0.15) is 43.5 Å². The smallest absolute Gasteiger partial charge is 0.746 e. The van der Waals surface area contributed by atoms with E-state index in [0.717, 1.165) is 23.5 Å². The van der Waals surface area contributed by atoms with Crippen molar-refractivity contribution in [3.63, 3.8) is 0 Å². The maximum atomic E-state index is 13.0. The molecule has 16 nitrogen and oxygen atoms in total. The SMILES string of the molecule is O=S(=O)([O-])C1(S(=O)(=O)[O-])CC(Nc2cc(Nc3ccccc3)nc(Nc3ccccc3)n2)=CC=C1C=Cc1ccc(Nc2cc(Nc3ccccc3)nc(Nc3ccccc3)n2)cc1.[Na+].[Na+]. The molecule has 20 heteroatoms. The van der Waals surface area contributed by atoms with E-state index in [1.54, 1.807) is 42.5 Å². The Kier molecular flexibility index (Phi) is 16.6. The minimum Gasteiger partial charge on any atom is -0.746 e. The fraction of sp³-hybridized carbons (Fsp3) is 0.0435. The Bertz CT molecular complexity index is 2930. The predicted molar refractivity (Wildman–Crippen MR) is 248 cm³/mol. The summed E-state index contributed by atoms with van der Waals surface area (Å²) in [7, 11) is -11.7. The maximum absolute atomic E-state index is 13.0. The standard InChI is InChI=1S/C46H40N10O6S2.2Na/c57-63(58,59)46(64(60,61)62)31-39(50-43-30-41(48-35-15-7-2-8-16-35)54-45(56-43)52-37-19-11-4-12-20-37)28-25-33(46)24-21-32-22-26-38(27-23-32)49-42-29-40(47-34-13-5-1-6-14-34)53-44(55-42)51-36-17-9-3-10-18-36;;/h1-30H,31H2,(H,57,58,59)(H,60,61,62)(H3,47,49,51,53,55)(H3,48,50,52,54,56);;/q;2*+1/p-2. The summed E-state index contributed by atoms with van der Waals surface area (Å²) in [5.74, 6) is 1.88. The Balaban J connectivity index is 0.00000360. The molecule has 0 radical (unpaired) electrons. The minimum atomic E-state index is -5.85. The van der Waals surface area contributed by atoms with Crippen LogP contribution in [0.25, 0.3) is 6.08 Å². The van der Waals surface area contributed by atoms with E-state index >= 15 is 0 Å². The second-order valence-electron chi connectivity index (χ2n) is 14.2. The van der Waals surface area contributed by atoms with Gasteiger partial charge >= 0.3 is 59.1 Å². The van der Waals surface area contributed by atoms with Crippen LogP contribution in [0.15, 0.2) is 187 Å². The Labute approximate surface area is 426 Å². The molecule has 2 heterocycles. The molecule has 8 rings (SSSR count). The van der Waals surface area contributed by atoms with Gasteiger partial charge in [-0.1, -0.05) is 103 Å². The fourth-order valence-corrected chi connectivity index (χ4v) is 9.18. The monoisotopic (exact) mass is 936 g/mol. The molecule has 0 aliphatic heterocycles. The Morgan fingerprint density at radius 3 is 1.17 bits per heavy atom. The molecule has 0 bridgehead atoms. The van der Waals surface area contributed by atoms with E-state index < -0.39 is 36.3 Å². The second kappa shape index (κ2) is 22.1. The number of rotatable bonds is 16. The average Bonchev–Trinajstić information content (AvgIpc) is 3.27. The number of nitrogens with zero attached hydrogens (tertiary/aromatic N) is 4. The van der Waals surface area contributed by atoms with Crippen LogP contribution in [0.4, 0.5) is 63.6 Å². The molecule has 2 aromatic heterocycles. The van der Waals surface area contributed by atoms with Crippen molar-refractivity contribution in [3.8, 4) is 0 Å². The van der Waals surface area contributed by atoms with Crippen LogP contribution < -0.4 is 91.0 Å². The van der Waals surface area contributed by atoms with Gasteiger partial charge in [0.25, 0.3) is 0 Å². The first-order valence-electron chi connectivity index (χ1n) is 19.6. The summed E-state index contributed by atoms with van der Waals surface area (Å²) in [6.45, 7) is 0. The molecule has 1 aliphatic carbocycles. The van der Waals surface area contributed by atoms with Crippen molar-refractivity contribution in [2.45, 2.75) is 10.5 Å². The van der Waals surface area contributed by atoms with Crippen LogP contribution >= 0.6 is 0 Å². The van der Waals surface area contributed by atoms with Crippen LogP contribution in [-0.4, -0.2) is 50.0 Å². The number of aromatic nitrogens is 4. The third-order valence-corrected chi connectivity index (χ3v) is 13.3. The quantitative estimate of drug-likeness (QED) is 0.0603.